The predicted octanol–water partition coefficient (Wildman–Crippen LogP) is 5.46. The lowest BCUT2D eigenvalue weighted by Gasteiger charge is -2.20. The van der Waals surface area contributed by atoms with Crippen molar-refractivity contribution in [2.24, 2.45) is 0 Å². The number of rotatable bonds is 2. The van der Waals surface area contributed by atoms with Crippen molar-refractivity contribution in [3.8, 4) is 11.5 Å². The van der Waals surface area contributed by atoms with Crippen molar-refractivity contribution in [2.75, 3.05) is 0 Å². The molecule has 0 bridgehead atoms. The Hall–Kier alpha value is -1.34. The van der Waals surface area contributed by atoms with E-state index in [0.29, 0.717) is 21.5 Å². The number of fused-ring (bicyclic) bond motifs is 2. The van der Waals surface area contributed by atoms with Gasteiger partial charge in [-0.3, -0.25) is 9.59 Å². The molecule has 2 aromatic carbocycles. The van der Waals surface area contributed by atoms with Crippen LogP contribution in [0, 0.1) is 0 Å². The first-order valence-electron chi connectivity index (χ1n) is 6.73. The summed E-state index contributed by atoms with van der Waals surface area (Å²) in [5.74, 6) is -0.219. The fourth-order valence-electron chi connectivity index (χ4n) is 2.06. The Labute approximate surface area is 156 Å². The van der Waals surface area contributed by atoms with Gasteiger partial charge in [-0.15, -0.1) is 0 Å². The predicted molar refractivity (Wildman–Crippen MR) is 93.8 cm³/mol. The summed E-state index contributed by atoms with van der Waals surface area (Å²) in [6.07, 6.45) is 0. The average molecular weight is 401 g/mol. The third-order valence-corrected chi connectivity index (χ3v) is 6.02. The molecule has 8 heteroatoms. The van der Waals surface area contributed by atoms with Crippen molar-refractivity contribution in [3.63, 3.8) is 0 Å². The zero-order valence-corrected chi connectivity index (χ0v) is 15.7. The highest BCUT2D eigenvalue weighted by molar-refractivity contribution is 8.05. The first-order chi connectivity index (χ1) is 11.3. The number of hydrogen-bond acceptors (Lipinski definition) is 6. The van der Waals surface area contributed by atoms with Crippen molar-refractivity contribution >= 4 is 58.7 Å². The van der Waals surface area contributed by atoms with Crippen LogP contribution in [0.25, 0.3) is 0 Å². The minimum absolute atomic E-state index is 0.321. The molecule has 0 spiro atoms. The van der Waals surface area contributed by atoms with Crippen LogP contribution >= 0.6 is 46.7 Å². The summed E-state index contributed by atoms with van der Waals surface area (Å²) in [6.45, 7) is 2.65. The Kier molecular flexibility index (Phi) is 5.01. The molecule has 4 nitrogen and oxygen atoms in total. The fourth-order valence-corrected chi connectivity index (χ4v) is 4.89. The van der Waals surface area contributed by atoms with Crippen LogP contribution < -0.4 is 9.47 Å². The maximum absolute atomic E-state index is 11.2. The van der Waals surface area contributed by atoms with E-state index in [0.717, 1.165) is 19.6 Å². The molecule has 24 heavy (non-hydrogen) atoms. The van der Waals surface area contributed by atoms with Crippen LogP contribution in [0.4, 0.5) is 0 Å². The molecule has 0 N–H and O–H groups in total. The van der Waals surface area contributed by atoms with Gasteiger partial charge in [0.15, 0.2) is 11.5 Å². The van der Waals surface area contributed by atoms with E-state index in [2.05, 4.69) is 0 Å². The van der Waals surface area contributed by atoms with Gasteiger partial charge in [0.2, 0.25) is 0 Å². The first-order valence-corrected chi connectivity index (χ1v) is 9.12. The first kappa shape index (κ1) is 17.5. The van der Waals surface area contributed by atoms with Crippen molar-refractivity contribution in [1.29, 1.82) is 0 Å². The molecule has 0 atom stereocenters. The molecular formula is C16H10Cl2O4S2. The van der Waals surface area contributed by atoms with Crippen LogP contribution in [0.3, 0.4) is 0 Å². The molecule has 3 rings (SSSR count). The Morgan fingerprint density at radius 1 is 0.750 bits per heavy atom. The molecule has 0 amide bonds. The van der Waals surface area contributed by atoms with Crippen LogP contribution in [0.2, 0.25) is 10.0 Å². The van der Waals surface area contributed by atoms with Gasteiger partial charge in [-0.2, -0.15) is 0 Å². The molecule has 124 valence electrons. The number of benzene rings is 2. The molecule has 0 saturated heterocycles. The van der Waals surface area contributed by atoms with Gasteiger partial charge >= 0.3 is 11.9 Å². The van der Waals surface area contributed by atoms with Gasteiger partial charge in [0.05, 0.1) is 10.0 Å². The quantitative estimate of drug-likeness (QED) is 0.420. The lowest BCUT2D eigenvalue weighted by molar-refractivity contribution is -0.132. The highest BCUT2D eigenvalue weighted by atomic mass is 35.5. The maximum Gasteiger partial charge on any atom is 0.308 e. The number of hydrogen-bond donors (Lipinski definition) is 0. The Morgan fingerprint density at radius 2 is 1.08 bits per heavy atom. The molecule has 0 aliphatic carbocycles. The van der Waals surface area contributed by atoms with E-state index in [-0.39, 0.29) is 0 Å². The van der Waals surface area contributed by atoms with E-state index in [1.165, 1.54) is 37.4 Å². The molecule has 0 radical (unpaired) electrons. The van der Waals surface area contributed by atoms with Crippen molar-refractivity contribution in [1.82, 2.24) is 0 Å². The lowest BCUT2D eigenvalue weighted by Crippen LogP contribution is -2.03. The highest BCUT2D eigenvalue weighted by Gasteiger charge is 2.22. The third kappa shape index (κ3) is 3.67. The van der Waals surface area contributed by atoms with Crippen molar-refractivity contribution in [2.45, 2.75) is 33.4 Å². The Balaban J connectivity index is 1.98. The number of carbonyl (C=O) groups is 2. The van der Waals surface area contributed by atoms with Crippen LogP contribution in [-0.4, -0.2) is 11.9 Å². The second kappa shape index (κ2) is 6.88. The molecule has 0 aromatic heterocycles. The van der Waals surface area contributed by atoms with Gasteiger partial charge in [-0.25, -0.2) is 0 Å². The van der Waals surface area contributed by atoms with E-state index in [1.807, 2.05) is 0 Å². The monoisotopic (exact) mass is 400 g/mol. The molecule has 2 aromatic rings. The minimum Gasteiger partial charge on any atom is -0.425 e. The summed E-state index contributed by atoms with van der Waals surface area (Å²) in [6, 6.07) is 6.95. The SMILES string of the molecule is CC(=O)Oc1cc2c(cc1Cl)Sc1cc(OC(C)=O)c(Cl)cc1S2. The summed E-state index contributed by atoms with van der Waals surface area (Å²) >= 11 is 15.3. The van der Waals surface area contributed by atoms with E-state index < -0.39 is 11.9 Å². The second-order valence-corrected chi connectivity index (χ2v) is 7.83. The van der Waals surface area contributed by atoms with Crippen molar-refractivity contribution in [3.05, 3.63) is 34.3 Å². The van der Waals surface area contributed by atoms with Gasteiger partial charge in [-0.05, 0) is 24.3 Å². The zero-order valence-electron chi connectivity index (χ0n) is 12.5. The largest absolute Gasteiger partial charge is 0.425 e. The van der Waals surface area contributed by atoms with Gasteiger partial charge in [0, 0.05) is 33.4 Å². The van der Waals surface area contributed by atoms with Crippen LogP contribution in [0.5, 0.6) is 11.5 Å². The highest BCUT2D eigenvalue weighted by Crippen LogP contribution is 2.52. The number of halogens is 2. The summed E-state index contributed by atoms with van der Waals surface area (Å²) in [7, 11) is 0. The molecule has 0 fully saturated rings. The number of carbonyl (C=O) groups excluding carboxylic acids is 2. The van der Waals surface area contributed by atoms with E-state index in [4.69, 9.17) is 32.7 Å². The number of ether oxygens (including phenoxy) is 2. The van der Waals surface area contributed by atoms with Gasteiger partial charge in [-0.1, -0.05) is 46.7 Å². The normalized spacial score (nSPS) is 12.2. The standard InChI is InChI=1S/C16H10Cl2O4S2/c1-7(19)21-11-5-15-13(3-9(11)17)24-16-6-12(22-8(2)20)10(18)4-14(16)23-15/h3-6H,1-2H3. The molecule has 1 aliphatic rings. The third-order valence-electron chi connectivity index (χ3n) is 2.94. The van der Waals surface area contributed by atoms with E-state index in [1.54, 1.807) is 24.3 Å². The van der Waals surface area contributed by atoms with Gasteiger partial charge in [0.1, 0.15) is 0 Å². The lowest BCUT2D eigenvalue weighted by atomic mass is 10.3. The Bertz CT molecular complexity index is 796. The van der Waals surface area contributed by atoms with Gasteiger partial charge < -0.3 is 9.47 Å². The molecule has 0 saturated carbocycles. The van der Waals surface area contributed by atoms with Crippen LogP contribution in [0.15, 0.2) is 43.8 Å². The van der Waals surface area contributed by atoms with E-state index >= 15 is 0 Å². The van der Waals surface area contributed by atoms with E-state index in [9.17, 15) is 9.59 Å². The zero-order chi connectivity index (χ0) is 17.4. The Morgan fingerprint density at radius 3 is 1.42 bits per heavy atom. The maximum atomic E-state index is 11.2. The van der Waals surface area contributed by atoms with Crippen molar-refractivity contribution < 1.29 is 19.1 Å². The summed E-state index contributed by atoms with van der Waals surface area (Å²) in [4.78, 5) is 26.0. The molecule has 0 unspecified atom stereocenters. The molecule has 1 aliphatic heterocycles. The second-order valence-electron chi connectivity index (χ2n) is 4.85. The minimum atomic E-state index is -0.431. The number of esters is 2. The summed E-state index contributed by atoms with van der Waals surface area (Å²) < 4.78 is 10.2. The average Bonchev–Trinajstić information content (AvgIpc) is 2.46. The summed E-state index contributed by atoms with van der Waals surface area (Å²) in [5, 5.41) is 0.712. The smallest absolute Gasteiger partial charge is 0.308 e. The molecular weight excluding hydrogens is 391 g/mol. The topological polar surface area (TPSA) is 52.6 Å². The van der Waals surface area contributed by atoms with Crippen LogP contribution in [-0.2, 0) is 9.59 Å². The van der Waals surface area contributed by atoms with Crippen LogP contribution in [0.1, 0.15) is 13.8 Å². The van der Waals surface area contributed by atoms with Gasteiger partial charge in [0.25, 0.3) is 0 Å². The fraction of sp³-hybridized carbons (Fsp3) is 0.125. The summed E-state index contributed by atoms with van der Waals surface area (Å²) in [5.41, 5.74) is 0. The molecule has 1 heterocycles.